The minimum absolute atomic E-state index is 0. The molecule has 6 N–H and O–H groups in total. The van der Waals surface area contributed by atoms with Crippen LogP contribution < -0.4 is 40.2 Å². The van der Waals surface area contributed by atoms with E-state index in [0.717, 1.165) is 37.3 Å². The van der Waals surface area contributed by atoms with E-state index in [9.17, 15) is 49.1 Å². The molecule has 0 saturated heterocycles. The van der Waals surface area contributed by atoms with Gasteiger partial charge in [-0.3, -0.25) is 23.2 Å². The van der Waals surface area contributed by atoms with E-state index < -0.39 is 63.4 Å². The van der Waals surface area contributed by atoms with Crippen LogP contribution in [0.15, 0.2) is 91.6 Å². The average molecular weight is 688 g/mol. The van der Waals surface area contributed by atoms with Crippen LogP contribution in [0.1, 0.15) is 17.3 Å². The van der Waals surface area contributed by atoms with Crippen LogP contribution in [0.2, 0.25) is 0 Å². The van der Waals surface area contributed by atoms with E-state index in [1.54, 1.807) is 0 Å². The third-order valence-corrected chi connectivity index (χ3v) is 8.38. The minimum atomic E-state index is -5.11. The number of hydrogen-bond acceptors (Lipinski definition) is 11. The van der Waals surface area contributed by atoms with Crippen molar-refractivity contribution in [1.82, 2.24) is 0 Å². The molecule has 0 atom stereocenters. The van der Waals surface area contributed by atoms with Crippen molar-refractivity contribution in [3.63, 3.8) is 0 Å². The zero-order valence-corrected chi connectivity index (χ0v) is 27.5. The van der Waals surface area contributed by atoms with Crippen LogP contribution in [0.3, 0.4) is 0 Å². The number of rotatable bonds is 8. The number of hydrogen-bond donors (Lipinski definition) is 6. The summed E-state index contributed by atoms with van der Waals surface area (Å²) >= 11 is 0. The first kappa shape index (κ1) is 35.7. The van der Waals surface area contributed by atoms with Crippen molar-refractivity contribution in [3.8, 4) is 5.75 Å². The number of nitrogens with one attached hydrogen (secondary N) is 2. The molecular formula is C25H20N4NaO12S3+. The fourth-order valence-corrected chi connectivity index (χ4v) is 5.57. The first-order valence-corrected chi connectivity index (χ1v) is 16.1. The van der Waals surface area contributed by atoms with Crippen molar-refractivity contribution >= 4 is 75.7 Å². The fraction of sp³-hybridized carbons (Fsp3) is 0.0400. The molecule has 4 aromatic rings. The maximum Gasteiger partial charge on any atom is 1.00 e. The average Bonchev–Trinajstić information content (AvgIpc) is 2.91. The number of fused-ring (bicyclic) bond motifs is 1. The van der Waals surface area contributed by atoms with Gasteiger partial charge in [-0.05, 0) is 72.1 Å². The Labute approximate surface area is 277 Å². The van der Waals surface area contributed by atoms with Crippen LogP contribution in [0.25, 0.3) is 10.8 Å². The summed E-state index contributed by atoms with van der Waals surface area (Å²) in [7, 11) is -14.4. The Balaban J connectivity index is 0.00000552. The van der Waals surface area contributed by atoms with Gasteiger partial charge in [0.1, 0.15) is 10.6 Å². The number of nitrogens with zero attached hydrogens (tertiary/aromatic N) is 2. The second kappa shape index (κ2) is 13.3. The van der Waals surface area contributed by atoms with Crippen LogP contribution in [0.5, 0.6) is 5.75 Å². The molecule has 230 valence electrons. The molecule has 45 heavy (non-hydrogen) atoms. The minimum Gasteiger partial charge on any atom is -0.505 e. The van der Waals surface area contributed by atoms with Gasteiger partial charge in [0.25, 0.3) is 36.3 Å². The van der Waals surface area contributed by atoms with Crippen molar-refractivity contribution in [3.05, 3.63) is 72.3 Å². The van der Waals surface area contributed by atoms with Crippen molar-refractivity contribution in [1.29, 1.82) is 0 Å². The van der Waals surface area contributed by atoms with Crippen molar-refractivity contribution in [2.24, 2.45) is 10.2 Å². The third kappa shape index (κ3) is 8.48. The van der Waals surface area contributed by atoms with E-state index in [2.05, 4.69) is 20.9 Å². The Morgan fingerprint density at radius 2 is 1.29 bits per heavy atom. The van der Waals surface area contributed by atoms with E-state index in [4.69, 9.17) is 4.55 Å². The smallest absolute Gasteiger partial charge is 0.505 e. The molecule has 0 aliphatic carbocycles. The Morgan fingerprint density at radius 1 is 0.711 bits per heavy atom. The van der Waals surface area contributed by atoms with Crippen LogP contribution in [0, 0.1) is 0 Å². The molecule has 0 bridgehead atoms. The summed E-state index contributed by atoms with van der Waals surface area (Å²) < 4.78 is 98.4. The van der Waals surface area contributed by atoms with E-state index in [1.165, 1.54) is 36.4 Å². The summed E-state index contributed by atoms with van der Waals surface area (Å²) in [6.45, 7) is 1.07. The topological polar surface area (TPSA) is 266 Å². The summed E-state index contributed by atoms with van der Waals surface area (Å²) in [6.07, 6.45) is 0. The number of amides is 2. The first-order chi connectivity index (χ1) is 20.3. The summed E-state index contributed by atoms with van der Waals surface area (Å²) in [6, 6.07) is 12.3. The maximum atomic E-state index is 12.6. The summed E-state index contributed by atoms with van der Waals surface area (Å²) in [4.78, 5) is 22.2. The predicted molar refractivity (Wildman–Crippen MR) is 154 cm³/mol. The molecule has 0 aliphatic rings. The molecule has 0 unspecified atom stereocenters. The molecule has 0 spiro atoms. The van der Waals surface area contributed by atoms with Crippen molar-refractivity contribution in [2.45, 2.75) is 21.6 Å². The maximum absolute atomic E-state index is 12.6. The number of aromatic hydroxyl groups is 1. The second-order valence-corrected chi connectivity index (χ2v) is 13.2. The zero-order chi connectivity index (χ0) is 32.6. The molecule has 0 heterocycles. The molecule has 0 fully saturated rings. The number of azo groups is 1. The molecular weight excluding hydrogens is 667 g/mol. The van der Waals surface area contributed by atoms with Crippen LogP contribution >= 0.6 is 0 Å². The van der Waals surface area contributed by atoms with Gasteiger partial charge in [0.2, 0.25) is 5.91 Å². The molecule has 0 aromatic heterocycles. The van der Waals surface area contributed by atoms with E-state index >= 15 is 0 Å². The number of phenolic OH excluding ortho intramolecular Hbond substituents is 1. The predicted octanol–water partition coefficient (Wildman–Crippen LogP) is 0.916. The van der Waals surface area contributed by atoms with E-state index in [1.807, 2.05) is 0 Å². The molecule has 20 heteroatoms. The van der Waals surface area contributed by atoms with Gasteiger partial charge in [-0.15, -0.1) is 5.11 Å². The fourth-order valence-electron chi connectivity index (χ4n) is 3.89. The zero-order valence-electron chi connectivity index (χ0n) is 23.0. The SMILES string of the molecule is CC(=O)Nc1cc(S(=O)(=O)O)cc2cc(S(=O)(=O)O)c(N=Nc3ccc(C(=O)Nc4ccc(S(=O)(=O)O)cc4)cc3)c(O)c12.[Na+]. The molecule has 0 saturated carbocycles. The van der Waals surface area contributed by atoms with Crippen molar-refractivity contribution in [2.75, 3.05) is 10.6 Å². The van der Waals surface area contributed by atoms with Crippen molar-refractivity contribution < 1.29 is 83.2 Å². The molecule has 0 aliphatic heterocycles. The normalized spacial score (nSPS) is 12.1. The summed E-state index contributed by atoms with van der Waals surface area (Å²) in [5.74, 6) is -2.23. The molecule has 16 nitrogen and oxygen atoms in total. The van der Waals surface area contributed by atoms with Gasteiger partial charge in [0.05, 0.1) is 21.2 Å². The van der Waals surface area contributed by atoms with Gasteiger partial charge in [-0.2, -0.15) is 30.4 Å². The Hall–Kier alpha value is -3.79. The standard InChI is InChI=1S/C25H20N4O12S3.Na/c1-13(30)26-20-12-19(43(36,37)38)10-15-11-21(44(39,40)41)23(24(31)22(15)20)29-28-17-4-2-14(3-5-17)25(32)27-16-6-8-18(9-7-16)42(33,34)35;/h2-12,31H,1H3,(H,26,30)(H,27,32)(H,33,34,35)(H,36,37,38)(H,39,40,41);/q;+1. The summed E-state index contributed by atoms with van der Waals surface area (Å²) in [5, 5.41) is 22.7. The Morgan fingerprint density at radius 3 is 1.80 bits per heavy atom. The number of phenols is 1. The number of benzene rings is 4. The van der Waals surface area contributed by atoms with Gasteiger partial charge >= 0.3 is 29.6 Å². The van der Waals surface area contributed by atoms with Crippen LogP contribution in [-0.4, -0.2) is 55.8 Å². The van der Waals surface area contributed by atoms with Crippen LogP contribution in [-0.2, 0) is 35.1 Å². The van der Waals surface area contributed by atoms with E-state index in [-0.39, 0.29) is 67.9 Å². The monoisotopic (exact) mass is 687 g/mol. The summed E-state index contributed by atoms with van der Waals surface area (Å²) in [5.41, 5.74) is -0.728. The van der Waals surface area contributed by atoms with Gasteiger partial charge < -0.3 is 15.7 Å². The number of carbonyl (C=O) groups excluding carboxylic acids is 2. The molecule has 4 aromatic carbocycles. The Kier molecular flexibility index (Phi) is 10.5. The molecule has 4 rings (SSSR count). The third-order valence-electron chi connectivity index (χ3n) is 5.81. The second-order valence-electron chi connectivity index (χ2n) is 8.97. The number of anilines is 2. The van der Waals surface area contributed by atoms with Gasteiger partial charge in [0, 0.05) is 23.6 Å². The molecule has 0 radical (unpaired) electrons. The quantitative estimate of drug-likeness (QED) is 0.0858. The Bertz CT molecular complexity index is 2190. The van der Waals surface area contributed by atoms with Gasteiger partial charge in [-0.1, -0.05) is 0 Å². The van der Waals surface area contributed by atoms with Gasteiger partial charge in [0.15, 0.2) is 5.75 Å². The molecule has 2 amide bonds. The van der Waals surface area contributed by atoms with Crippen LogP contribution in [0.4, 0.5) is 22.7 Å². The van der Waals surface area contributed by atoms with E-state index in [0.29, 0.717) is 0 Å². The first-order valence-electron chi connectivity index (χ1n) is 11.8. The largest absolute Gasteiger partial charge is 1.00 e. The van der Waals surface area contributed by atoms with Gasteiger partial charge in [-0.25, -0.2) is 0 Å². The number of carbonyl (C=O) groups is 2.